The molecule has 0 radical (unpaired) electrons. The number of ether oxygens (including phenoxy) is 2. The number of rotatable bonds is 5. The molecule has 1 aliphatic rings. The van der Waals surface area contributed by atoms with Gasteiger partial charge in [0.25, 0.3) is 5.91 Å². The average Bonchev–Trinajstić information content (AvgIpc) is 2.93. The van der Waals surface area contributed by atoms with E-state index in [9.17, 15) is 14.7 Å². The fourth-order valence-electron chi connectivity index (χ4n) is 3.22. The van der Waals surface area contributed by atoms with Crippen LogP contribution < -0.4 is 9.64 Å². The van der Waals surface area contributed by atoms with Crippen molar-refractivity contribution in [3.05, 3.63) is 68.9 Å². The van der Waals surface area contributed by atoms with Crippen molar-refractivity contribution in [1.82, 2.24) is 0 Å². The largest absolute Gasteiger partial charge is 0.504 e. The summed E-state index contributed by atoms with van der Waals surface area (Å²) in [5, 5.41) is 10.6. The zero-order valence-corrected chi connectivity index (χ0v) is 18.0. The molecule has 1 heterocycles. The van der Waals surface area contributed by atoms with Gasteiger partial charge in [0.05, 0.1) is 30.6 Å². The van der Waals surface area contributed by atoms with E-state index in [4.69, 9.17) is 32.7 Å². The number of phenols is 1. The Labute approximate surface area is 183 Å². The highest BCUT2D eigenvalue weighted by molar-refractivity contribution is 6.35. The zero-order chi connectivity index (χ0) is 22.0. The molecule has 1 amide bonds. The third kappa shape index (κ3) is 4.15. The van der Waals surface area contributed by atoms with Crippen LogP contribution in [0.1, 0.15) is 19.4 Å². The quantitative estimate of drug-likeness (QED) is 0.516. The highest BCUT2D eigenvalue weighted by Crippen LogP contribution is 2.38. The normalized spacial score (nSPS) is 15.2. The topological polar surface area (TPSA) is 76.1 Å². The Morgan fingerprint density at radius 3 is 2.43 bits per heavy atom. The fourth-order valence-corrected chi connectivity index (χ4v) is 3.73. The fraction of sp³-hybridized carbons (Fsp3) is 0.182. The molecule has 8 heteroatoms. The molecule has 156 valence electrons. The monoisotopic (exact) mass is 447 g/mol. The van der Waals surface area contributed by atoms with Gasteiger partial charge in [-0.3, -0.25) is 9.69 Å². The van der Waals surface area contributed by atoms with Crippen molar-refractivity contribution in [3.8, 4) is 11.5 Å². The molecule has 30 heavy (non-hydrogen) atoms. The number of methoxy groups -OCH3 is 1. The number of aromatic hydroxyl groups is 1. The van der Waals surface area contributed by atoms with Crippen molar-refractivity contribution >= 4 is 46.8 Å². The molecule has 0 aliphatic carbocycles. The maximum Gasteiger partial charge on any atom is 0.340 e. The van der Waals surface area contributed by atoms with Crippen LogP contribution in [0, 0.1) is 0 Å². The third-order valence-electron chi connectivity index (χ3n) is 4.49. The van der Waals surface area contributed by atoms with Crippen molar-refractivity contribution in [2.75, 3.05) is 18.6 Å². The molecular weight excluding hydrogens is 429 g/mol. The molecule has 1 aliphatic heterocycles. The molecule has 2 aromatic carbocycles. The van der Waals surface area contributed by atoms with Gasteiger partial charge in [0, 0.05) is 15.7 Å². The maximum absolute atomic E-state index is 13.3. The van der Waals surface area contributed by atoms with E-state index < -0.39 is 11.9 Å². The highest BCUT2D eigenvalue weighted by atomic mass is 35.5. The van der Waals surface area contributed by atoms with Gasteiger partial charge in [-0.25, -0.2) is 4.79 Å². The number of hydrogen-bond acceptors (Lipinski definition) is 5. The van der Waals surface area contributed by atoms with Crippen molar-refractivity contribution in [1.29, 1.82) is 0 Å². The summed E-state index contributed by atoms with van der Waals surface area (Å²) in [4.78, 5) is 27.1. The third-order valence-corrected chi connectivity index (χ3v) is 4.93. The Hall–Kier alpha value is -2.96. The molecule has 0 fully saturated rings. The van der Waals surface area contributed by atoms with Crippen LogP contribution in [-0.4, -0.2) is 30.7 Å². The first-order valence-corrected chi connectivity index (χ1v) is 9.80. The van der Waals surface area contributed by atoms with Crippen molar-refractivity contribution in [3.63, 3.8) is 0 Å². The lowest BCUT2D eigenvalue weighted by Crippen LogP contribution is -2.24. The molecule has 0 spiro atoms. The minimum atomic E-state index is -0.647. The molecule has 0 unspecified atom stereocenters. The smallest absolute Gasteiger partial charge is 0.340 e. The maximum atomic E-state index is 13.3. The molecule has 0 saturated carbocycles. The second kappa shape index (κ2) is 8.81. The number of amides is 1. The van der Waals surface area contributed by atoms with Gasteiger partial charge in [0.1, 0.15) is 0 Å². The van der Waals surface area contributed by atoms with Crippen LogP contribution in [0.3, 0.4) is 0 Å². The average molecular weight is 448 g/mol. The summed E-state index contributed by atoms with van der Waals surface area (Å²) < 4.78 is 10.3. The van der Waals surface area contributed by atoms with Crippen molar-refractivity contribution < 1.29 is 24.2 Å². The number of esters is 1. The number of allylic oxidation sites excluding steroid dienone is 1. The Balaban J connectivity index is 2.14. The molecule has 0 saturated heterocycles. The predicted octanol–water partition coefficient (Wildman–Crippen LogP) is 4.97. The molecule has 3 rings (SSSR count). The SMILES string of the molecule is CCOc1cc(/C=C2\C(=O)N(c3cc(Cl)cc(Cl)c3)C(C)=C2C(=O)OC)ccc1O. The molecule has 1 N–H and O–H groups in total. The van der Waals surface area contributed by atoms with Gasteiger partial charge in [-0.2, -0.15) is 0 Å². The van der Waals surface area contributed by atoms with E-state index in [0.29, 0.717) is 33.6 Å². The first-order valence-electron chi connectivity index (χ1n) is 9.04. The molecule has 2 aromatic rings. The van der Waals surface area contributed by atoms with E-state index in [1.165, 1.54) is 18.1 Å². The Kier molecular flexibility index (Phi) is 6.39. The lowest BCUT2D eigenvalue weighted by atomic mass is 10.0. The van der Waals surface area contributed by atoms with E-state index in [-0.39, 0.29) is 22.6 Å². The molecular formula is C22H19Cl2NO5. The number of anilines is 1. The van der Waals surface area contributed by atoms with Crippen LogP contribution in [0.4, 0.5) is 5.69 Å². The number of carbonyl (C=O) groups is 2. The highest BCUT2D eigenvalue weighted by Gasteiger charge is 2.38. The van der Waals surface area contributed by atoms with Crippen molar-refractivity contribution in [2.24, 2.45) is 0 Å². The molecule has 0 aromatic heterocycles. The summed E-state index contributed by atoms with van der Waals surface area (Å²) in [5.41, 5.74) is 1.66. The van der Waals surface area contributed by atoms with E-state index in [1.807, 2.05) is 0 Å². The zero-order valence-electron chi connectivity index (χ0n) is 16.5. The number of halogens is 2. The van der Waals surface area contributed by atoms with E-state index in [2.05, 4.69) is 0 Å². The Bertz CT molecular complexity index is 1070. The van der Waals surface area contributed by atoms with Crippen LogP contribution in [0.5, 0.6) is 11.5 Å². The van der Waals surface area contributed by atoms with E-state index in [0.717, 1.165) is 0 Å². The van der Waals surface area contributed by atoms with Gasteiger partial charge in [0.15, 0.2) is 11.5 Å². The second-order valence-corrected chi connectivity index (χ2v) is 7.31. The van der Waals surface area contributed by atoms with Crippen LogP contribution in [0.2, 0.25) is 10.0 Å². The van der Waals surface area contributed by atoms with Gasteiger partial charge >= 0.3 is 5.97 Å². The van der Waals surface area contributed by atoms with Crippen molar-refractivity contribution in [2.45, 2.75) is 13.8 Å². The second-order valence-electron chi connectivity index (χ2n) is 6.44. The number of benzene rings is 2. The summed E-state index contributed by atoms with van der Waals surface area (Å²) in [6, 6.07) is 9.37. The lowest BCUT2D eigenvalue weighted by molar-refractivity contribution is -0.136. The molecule has 6 nitrogen and oxygen atoms in total. The summed E-state index contributed by atoms with van der Waals surface area (Å²) in [5.74, 6) is -0.827. The number of phenolic OH excluding ortho intramolecular Hbond substituents is 1. The first kappa shape index (κ1) is 21.7. The van der Waals surface area contributed by atoms with Gasteiger partial charge < -0.3 is 14.6 Å². The first-order chi connectivity index (χ1) is 14.3. The van der Waals surface area contributed by atoms with Crippen LogP contribution >= 0.6 is 23.2 Å². The number of nitrogens with zero attached hydrogens (tertiary/aromatic N) is 1. The predicted molar refractivity (Wildman–Crippen MR) is 116 cm³/mol. The summed E-state index contributed by atoms with van der Waals surface area (Å²) in [6.45, 7) is 3.80. The van der Waals surface area contributed by atoms with Gasteiger partial charge in [-0.05, 0) is 55.8 Å². The van der Waals surface area contributed by atoms with Gasteiger partial charge in [-0.15, -0.1) is 0 Å². The van der Waals surface area contributed by atoms with E-state index in [1.54, 1.807) is 50.3 Å². The van der Waals surface area contributed by atoms with Gasteiger partial charge in [0.2, 0.25) is 0 Å². The van der Waals surface area contributed by atoms with Crippen LogP contribution in [0.15, 0.2) is 53.2 Å². The minimum absolute atomic E-state index is 0.0214. The van der Waals surface area contributed by atoms with E-state index >= 15 is 0 Å². The summed E-state index contributed by atoms with van der Waals surface area (Å²) in [7, 11) is 1.25. The summed E-state index contributed by atoms with van der Waals surface area (Å²) in [6.07, 6.45) is 1.55. The minimum Gasteiger partial charge on any atom is -0.504 e. The number of carbonyl (C=O) groups excluding carboxylic acids is 2. The van der Waals surface area contributed by atoms with Crippen LogP contribution in [-0.2, 0) is 14.3 Å². The number of hydrogen-bond donors (Lipinski definition) is 1. The Morgan fingerprint density at radius 2 is 1.83 bits per heavy atom. The molecule has 0 atom stereocenters. The lowest BCUT2D eigenvalue weighted by Gasteiger charge is -2.18. The standard InChI is InChI=1S/C22H19Cl2NO5/c1-4-30-19-8-13(5-6-18(19)26)7-17-20(22(28)29-3)12(2)25(21(17)27)16-10-14(23)9-15(24)11-16/h5-11,26H,4H2,1-3H3/b17-7-. The summed E-state index contributed by atoms with van der Waals surface area (Å²) >= 11 is 12.2. The van der Waals surface area contributed by atoms with Gasteiger partial charge in [-0.1, -0.05) is 29.3 Å². The Morgan fingerprint density at radius 1 is 1.17 bits per heavy atom. The molecule has 0 bridgehead atoms. The van der Waals surface area contributed by atoms with Crippen LogP contribution in [0.25, 0.3) is 6.08 Å².